The van der Waals surface area contributed by atoms with E-state index in [4.69, 9.17) is 25.7 Å². The molecule has 4 heterocycles. The zero-order valence-corrected chi connectivity index (χ0v) is 18.4. The monoisotopic (exact) mass is 450 g/mol. The van der Waals surface area contributed by atoms with Gasteiger partial charge in [0.15, 0.2) is 11.2 Å². The van der Waals surface area contributed by atoms with E-state index in [1.807, 2.05) is 22.9 Å². The van der Waals surface area contributed by atoms with E-state index in [1.165, 1.54) is 6.33 Å². The number of carbonyl (C=O) groups is 1. The van der Waals surface area contributed by atoms with Crippen molar-refractivity contribution in [2.45, 2.75) is 38.6 Å². The van der Waals surface area contributed by atoms with Crippen LogP contribution in [0.1, 0.15) is 38.6 Å². The first-order chi connectivity index (χ1) is 16.0. The average Bonchev–Trinajstić information content (AvgIpc) is 3.39. The van der Waals surface area contributed by atoms with E-state index in [0.717, 1.165) is 31.2 Å². The van der Waals surface area contributed by atoms with Gasteiger partial charge in [0.1, 0.15) is 23.4 Å². The van der Waals surface area contributed by atoms with Crippen LogP contribution in [0.4, 0.5) is 16.6 Å². The molecule has 1 fully saturated rings. The topological polar surface area (TPSA) is 151 Å². The largest absolute Gasteiger partial charge is 0.449 e. The molecule has 1 aliphatic rings. The van der Waals surface area contributed by atoms with Gasteiger partial charge in [0.05, 0.1) is 18.0 Å². The Hall–Kier alpha value is -3.89. The molecule has 4 N–H and O–H groups in total. The highest BCUT2D eigenvalue weighted by atomic mass is 16.6. The van der Waals surface area contributed by atoms with Gasteiger partial charge in [0.2, 0.25) is 0 Å². The molecular formula is C22H26N8O3. The van der Waals surface area contributed by atoms with Crippen molar-refractivity contribution in [1.82, 2.24) is 29.6 Å². The minimum absolute atomic E-state index is 0.0710. The normalized spacial score (nSPS) is 14.9. The van der Waals surface area contributed by atoms with Gasteiger partial charge >= 0.3 is 6.09 Å². The molecule has 1 aliphatic heterocycles. The van der Waals surface area contributed by atoms with Gasteiger partial charge in [-0.25, -0.2) is 19.4 Å². The number of nitrogen functional groups attached to an aromatic ring is 2. The summed E-state index contributed by atoms with van der Waals surface area (Å²) in [7, 11) is 0. The molecule has 1 saturated heterocycles. The van der Waals surface area contributed by atoms with Crippen LogP contribution in [-0.2, 0) is 4.74 Å². The third-order valence-corrected chi connectivity index (χ3v) is 5.99. The van der Waals surface area contributed by atoms with Crippen LogP contribution in [0, 0.1) is 0 Å². The Morgan fingerprint density at radius 1 is 1.24 bits per heavy atom. The lowest BCUT2D eigenvalue weighted by atomic mass is 10.1. The molecule has 1 amide bonds. The number of hydrogen-bond acceptors (Lipinski definition) is 9. The molecule has 5 rings (SSSR count). The Labute approximate surface area is 189 Å². The van der Waals surface area contributed by atoms with E-state index in [0.29, 0.717) is 53.3 Å². The number of anilines is 2. The van der Waals surface area contributed by atoms with E-state index in [9.17, 15) is 4.79 Å². The van der Waals surface area contributed by atoms with Gasteiger partial charge in [0, 0.05) is 18.7 Å². The molecule has 4 aromatic rings. The summed E-state index contributed by atoms with van der Waals surface area (Å²) in [5.74, 6) is 0.359. The predicted octanol–water partition coefficient (Wildman–Crippen LogP) is 3.37. The SMILES string of the molecule is CCCCOC(=O)N1CCC(n2nc(-c3ccc4oc(N)nc4c3)c3c(N)ncnc32)CC1. The Morgan fingerprint density at radius 2 is 2.06 bits per heavy atom. The quantitative estimate of drug-likeness (QED) is 0.436. The zero-order chi connectivity index (χ0) is 22.9. The second kappa shape index (κ2) is 8.57. The van der Waals surface area contributed by atoms with Crippen molar-refractivity contribution in [2.24, 2.45) is 0 Å². The summed E-state index contributed by atoms with van der Waals surface area (Å²) in [4.78, 5) is 26.9. The molecule has 0 bridgehead atoms. The van der Waals surface area contributed by atoms with E-state index in [1.54, 1.807) is 4.90 Å². The van der Waals surface area contributed by atoms with Crippen molar-refractivity contribution in [1.29, 1.82) is 0 Å². The Morgan fingerprint density at radius 3 is 2.85 bits per heavy atom. The molecule has 172 valence electrons. The highest BCUT2D eigenvalue weighted by Gasteiger charge is 2.28. The Balaban J connectivity index is 1.44. The molecule has 0 radical (unpaired) electrons. The molecule has 0 atom stereocenters. The van der Waals surface area contributed by atoms with Crippen LogP contribution in [0.25, 0.3) is 33.4 Å². The first kappa shape index (κ1) is 21.0. The lowest BCUT2D eigenvalue weighted by molar-refractivity contribution is 0.0868. The predicted molar refractivity (Wildman–Crippen MR) is 123 cm³/mol. The number of aromatic nitrogens is 5. The van der Waals surface area contributed by atoms with Gasteiger partial charge in [-0.2, -0.15) is 10.1 Å². The van der Waals surface area contributed by atoms with E-state index < -0.39 is 0 Å². The third kappa shape index (κ3) is 3.90. The number of rotatable bonds is 5. The number of piperidine rings is 1. The number of benzene rings is 1. The van der Waals surface area contributed by atoms with Crippen molar-refractivity contribution >= 4 is 40.1 Å². The van der Waals surface area contributed by atoms with Crippen molar-refractivity contribution in [3.05, 3.63) is 24.5 Å². The number of amides is 1. The van der Waals surface area contributed by atoms with Crippen LogP contribution in [0.5, 0.6) is 0 Å². The molecule has 3 aromatic heterocycles. The number of carbonyl (C=O) groups excluding carboxylic acids is 1. The van der Waals surface area contributed by atoms with Crippen LogP contribution in [0.3, 0.4) is 0 Å². The minimum Gasteiger partial charge on any atom is -0.449 e. The van der Waals surface area contributed by atoms with Gasteiger partial charge in [-0.05, 0) is 37.5 Å². The van der Waals surface area contributed by atoms with Crippen LogP contribution in [0.2, 0.25) is 0 Å². The smallest absolute Gasteiger partial charge is 0.409 e. The van der Waals surface area contributed by atoms with E-state index >= 15 is 0 Å². The summed E-state index contributed by atoms with van der Waals surface area (Å²) in [6, 6.07) is 5.74. The number of nitrogens with zero attached hydrogens (tertiary/aromatic N) is 6. The van der Waals surface area contributed by atoms with Crippen molar-refractivity contribution in [3.63, 3.8) is 0 Å². The fourth-order valence-electron chi connectivity index (χ4n) is 4.23. The van der Waals surface area contributed by atoms with Gasteiger partial charge < -0.3 is 25.5 Å². The van der Waals surface area contributed by atoms with Gasteiger partial charge in [-0.1, -0.05) is 13.3 Å². The summed E-state index contributed by atoms with van der Waals surface area (Å²) in [5.41, 5.74) is 15.3. The maximum atomic E-state index is 12.3. The van der Waals surface area contributed by atoms with Crippen molar-refractivity contribution in [3.8, 4) is 11.3 Å². The Kier molecular flexibility index (Phi) is 5.45. The maximum Gasteiger partial charge on any atom is 0.409 e. The standard InChI is InChI=1S/C22H26N8O3/c1-2-3-10-32-22(31)29-8-6-14(7-9-29)30-20-17(19(23)25-12-26-20)18(28-30)13-4-5-16-15(11-13)27-21(24)33-16/h4-5,11-12,14H,2-3,6-10H2,1H3,(H2,24,27)(H2,23,25,26). The van der Waals surface area contributed by atoms with E-state index in [-0.39, 0.29) is 18.1 Å². The summed E-state index contributed by atoms with van der Waals surface area (Å²) >= 11 is 0. The molecule has 0 saturated carbocycles. The molecule has 0 spiro atoms. The molecule has 0 unspecified atom stereocenters. The number of ether oxygens (including phenoxy) is 1. The molecule has 11 heteroatoms. The van der Waals surface area contributed by atoms with Crippen LogP contribution >= 0.6 is 0 Å². The highest BCUT2D eigenvalue weighted by molar-refractivity contribution is 5.99. The molecule has 0 aliphatic carbocycles. The van der Waals surface area contributed by atoms with Crippen LogP contribution in [0.15, 0.2) is 28.9 Å². The maximum absolute atomic E-state index is 12.3. The van der Waals surface area contributed by atoms with Crippen molar-refractivity contribution in [2.75, 3.05) is 31.2 Å². The third-order valence-electron chi connectivity index (χ3n) is 5.99. The summed E-state index contributed by atoms with van der Waals surface area (Å²) < 4.78 is 12.6. The molecular weight excluding hydrogens is 424 g/mol. The van der Waals surface area contributed by atoms with Gasteiger partial charge in [-0.15, -0.1) is 0 Å². The zero-order valence-electron chi connectivity index (χ0n) is 18.4. The molecule has 11 nitrogen and oxygen atoms in total. The highest BCUT2D eigenvalue weighted by Crippen LogP contribution is 2.35. The van der Waals surface area contributed by atoms with Crippen LogP contribution < -0.4 is 11.5 Å². The second-order valence-corrected chi connectivity index (χ2v) is 8.17. The summed E-state index contributed by atoms with van der Waals surface area (Å²) in [5, 5.41) is 5.59. The van der Waals surface area contributed by atoms with Crippen molar-refractivity contribution < 1.29 is 13.9 Å². The van der Waals surface area contributed by atoms with Gasteiger partial charge in [-0.3, -0.25) is 0 Å². The number of nitrogens with two attached hydrogens (primary N) is 2. The van der Waals surface area contributed by atoms with Crippen LogP contribution in [-0.4, -0.2) is 55.4 Å². The number of unbranched alkanes of at least 4 members (excludes halogenated alkanes) is 1. The van der Waals surface area contributed by atoms with E-state index in [2.05, 4.69) is 21.9 Å². The fourth-order valence-corrected chi connectivity index (χ4v) is 4.23. The first-order valence-corrected chi connectivity index (χ1v) is 11.1. The lowest BCUT2D eigenvalue weighted by Crippen LogP contribution is -2.39. The van der Waals surface area contributed by atoms with Gasteiger partial charge in [0.25, 0.3) is 6.01 Å². The lowest BCUT2D eigenvalue weighted by Gasteiger charge is -2.31. The average molecular weight is 451 g/mol. The summed E-state index contributed by atoms with van der Waals surface area (Å²) in [6.45, 7) is 3.71. The number of likely N-dealkylation sites (tertiary alicyclic amines) is 1. The number of fused-ring (bicyclic) bond motifs is 2. The number of hydrogen-bond donors (Lipinski definition) is 2. The Bertz CT molecular complexity index is 1310. The second-order valence-electron chi connectivity index (χ2n) is 8.17. The first-order valence-electron chi connectivity index (χ1n) is 11.1. The minimum atomic E-state index is -0.250. The molecule has 33 heavy (non-hydrogen) atoms. The summed E-state index contributed by atoms with van der Waals surface area (Å²) in [6.07, 6.45) is 4.54. The molecule has 1 aromatic carbocycles. The fraction of sp³-hybridized carbons (Fsp3) is 0.409. The number of oxazole rings is 1.